The molecule has 2 aromatic carbocycles. The molecule has 0 amide bonds. The fourth-order valence-corrected chi connectivity index (χ4v) is 2.34. The Morgan fingerprint density at radius 3 is 2.39 bits per heavy atom. The molecule has 114 valence electrons. The largest absolute Gasteiger partial charge is 0.497 e. The van der Waals surface area contributed by atoms with Crippen LogP contribution in [0.3, 0.4) is 0 Å². The number of methoxy groups -OCH3 is 2. The first-order valence-electron chi connectivity index (χ1n) is 6.92. The van der Waals surface area contributed by atoms with Crippen LogP contribution in [0.1, 0.15) is 5.69 Å². The monoisotopic (exact) mass is 306 g/mol. The first-order valence-corrected chi connectivity index (χ1v) is 6.92. The van der Waals surface area contributed by atoms with Gasteiger partial charge in [0.05, 0.1) is 19.9 Å². The average Bonchev–Trinajstić information content (AvgIpc) is 3.05. The summed E-state index contributed by atoms with van der Waals surface area (Å²) < 4.78 is 12.2. The summed E-state index contributed by atoms with van der Waals surface area (Å²) in [6, 6.07) is 16.9. The summed E-state index contributed by atoms with van der Waals surface area (Å²) in [6.45, 7) is 0. The van der Waals surface area contributed by atoms with Crippen molar-refractivity contribution >= 4 is 0 Å². The van der Waals surface area contributed by atoms with Crippen molar-refractivity contribution in [1.82, 2.24) is 15.0 Å². The zero-order chi connectivity index (χ0) is 16.2. The average molecular weight is 306 g/mol. The molecule has 1 heterocycles. The lowest BCUT2D eigenvalue weighted by Gasteiger charge is -2.11. The van der Waals surface area contributed by atoms with Crippen LogP contribution in [0.25, 0.3) is 16.9 Å². The summed E-state index contributed by atoms with van der Waals surface area (Å²) in [5, 5.41) is 17.4. The van der Waals surface area contributed by atoms with Crippen molar-refractivity contribution in [2.75, 3.05) is 14.2 Å². The number of aromatic nitrogens is 3. The second kappa shape index (κ2) is 6.20. The van der Waals surface area contributed by atoms with Gasteiger partial charge in [0.2, 0.25) is 0 Å². The summed E-state index contributed by atoms with van der Waals surface area (Å²) >= 11 is 0. The zero-order valence-corrected chi connectivity index (χ0v) is 12.7. The van der Waals surface area contributed by atoms with E-state index in [1.807, 2.05) is 48.5 Å². The van der Waals surface area contributed by atoms with E-state index in [0.717, 1.165) is 17.0 Å². The lowest BCUT2D eigenvalue weighted by molar-refractivity contribution is 0.414. The Kier molecular flexibility index (Phi) is 3.93. The minimum Gasteiger partial charge on any atom is -0.497 e. The standard InChI is InChI=1S/C17H14N4O2/c1-22-13-9-7-12(8-10-13)21-17(15(11-18)19-20-21)14-5-3-4-6-16(14)23-2/h3-10H,1-2H3. The number of benzene rings is 2. The van der Waals surface area contributed by atoms with E-state index in [-0.39, 0.29) is 5.69 Å². The molecule has 0 saturated carbocycles. The number of ether oxygens (including phenoxy) is 2. The molecule has 3 rings (SSSR count). The van der Waals surface area contributed by atoms with Crippen LogP contribution >= 0.6 is 0 Å². The molecular weight excluding hydrogens is 292 g/mol. The molecule has 6 nitrogen and oxygen atoms in total. The molecule has 23 heavy (non-hydrogen) atoms. The van der Waals surface area contributed by atoms with Crippen LogP contribution in [0.2, 0.25) is 0 Å². The highest BCUT2D eigenvalue weighted by Gasteiger charge is 2.19. The second-order valence-corrected chi connectivity index (χ2v) is 4.71. The Hall–Kier alpha value is -3.33. The first kappa shape index (κ1) is 14.6. The van der Waals surface area contributed by atoms with E-state index in [1.165, 1.54) is 0 Å². The van der Waals surface area contributed by atoms with Gasteiger partial charge in [-0.2, -0.15) is 5.26 Å². The van der Waals surface area contributed by atoms with Gasteiger partial charge in [-0.3, -0.25) is 0 Å². The molecule has 0 aliphatic heterocycles. The summed E-state index contributed by atoms with van der Waals surface area (Å²) in [7, 11) is 3.20. The van der Waals surface area contributed by atoms with Crippen molar-refractivity contribution in [3.63, 3.8) is 0 Å². The molecule has 0 N–H and O–H groups in total. The van der Waals surface area contributed by atoms with Crippen LogP contribution in [0, 0.1) is 11.3 Å². The highest BCUT2D eigenvalue weighted by molar-refractivity contribution is 5.72. The normalized spacial score (nSPS) is 10.1. The Morgan fingerprint density at radius 2 is 1.74 bits per heavy atom. The third-order valence-corrected chi connectivity index (χ3v) is 3.46. The third-order valence-electron chi connectivity index (χ3n) is 3.46. The van der Waals surface area contributed by atoms with Crippen molar-refractivity contribution in [1.29, 1.82) is 5.26 Å². The molecule has 0 unspecified atom stereocenters. The van der Waals surface area contributed by atoms with E-state index >= 15 is 0 Å². The van der Waals surface area contributed by atoms with Crippen molar-refractivity contribution in [3.8, 4) is 34.5 Å². The van der Waals surface area contributed by atoms with Crippen LogP contribution in [-0.4, -0.2) is 29.2 Å². The van der Waals surface area contributed by atoms with Crippen molar-refractivity contribution in [2.24, 2.45) is 0 Å². The van der Waals surface area contributed by atoms with Gasteiger partial charge in [0, 0.05) is 5.56 Å². The molecule has 0 aliphatic rings. The maximum Gasteiger partial charge on any atom is 0.191 e. The number of hydrogen-bond acceptors (Lipinski definition) is 5. The van der Waals surface area contributed by atoms with Crippen LogP contribution in [0.15, 0.2) is 48.5 Å². The van der Waals surface area contributed by atoms with E-state index < -0.39 is 0 Å². The molecule has 0 fully saturated rings. The lowest BCUT2D eigenvalue weighted by atomic mass is 10.1. The molecule has 1 aromatic heterocycles. The van der Waals surface area contributed by atoms with Crippen LogP contribution < -0.4 is 9.47 Å². The van der Waals surface area contributed by atoms with Crippen molar-refractivity contribution in [3.05, 3.63) is 54.2 Å². The van der Waals surface area contributed by atoms with Crippen molar-refractivity contribution in [2.45, 2.75) is 0 Å². The molecule has 3 aromatic rings. The minimum absolute atomic E-state index is 0.241. The van der Waals surface area contributed by atoms with Gasteiger partial charge in [0.1, 0.15) is 23.3 Å². The van der Waals surface area contributed by atoms with Crippen molar-refractivity contribution < 1.29 is 9.47 Å². The fraction of sp³-hybridized carbons (Fsp3) is 0.118. The first-order chi connectivity index (χ1) is 11.3. The van der Waals surface area contributed by atoms with E-state index in [2.05, 4.69) is 16.4 Å². The van der Waals surface area contributed by atoms with E-state index in [4.69, 9.17) is 9.47 Å². The second-order valence-electron chi connectivity index (χ2n) is 4.71. The van der Waals surface area contributed by atoms with Gasteiger partial charge < -0.3 is 9.47 Å². The van der Waals surface area contributed by atoms with Gasteiger partial charge in [0.15, 0.2) is 5.69 Å². The summed E-state index contributed by atoms with van der Waals surface area (Å²) in [6.07, 6.45) is 0. The SMILES string of the molecule is COc1ccc(-n2nnc(C#N)c2-c2ccccc2OC)cc1. The maximum atomic E-state index is 9.36. The number of nitrogens with zero attached hydrogens (tertiary/aromatic N) is 4. The lowest BCUT2D eigenvalue weighted by Crippen LogP contribution is -2.01. The van der Waals surface area contributed by atoms with Gasteiger partial charge in [0.25, 0.3) is 0 Å². The van der Waals surface area contributed by atoms with Gasteiger partial charge >= 0.3 is 0 Å². The topological polar surface area (TPSA) is 73.0 Å². The molecule has 0 aliphatic carbocycles. The van der Waals surface area contributed by atoms with E-state index in [9.17, 15) is 5.26 Å². The molecule has 0 spiro atoms. The quantitative estimate of drug-likeness (QED) is 0.741. The minimum atomic E-state index is 0.241. The number of hydrogen-bond donors (Lipinski definition) is 0. The van der Waals surface area contributed by atoms with E-state index in [0.29, 0.717) is 11.4 Å². The Morgan fingerprint density at radius 1 is 1.00 bits per heavy atom. The highest BCUT2D eigenvalue weighted by Crippen LogP contribution is 2.32. The summed E-state index contributed by atoms with van der Waals surface area (Å²) in [5.74, 6) is 1.40. The van der Waals surface area contributed by atoms with Crippen LogP contribution in [-0.2, 0) is 0 Å². The number of rotatable bonds is 4. The molecule has 0 radical (unpaired) electrons. The number of para-hydroxylation sites is 1. The molecule has 0 bridgehead atoms. The third kappa shape index (κ3) is 2.60. The van der Waals surface area contributed by atoms with Crippen LogP contribution in [0.5, 0.6) is 11.5 Å². The summed E-state index contributed by atoms with van der Waals surface area (Å²) in [4.78, 5) is 0. The predicted molar refractivity (Wildman–Crippen MR) is 84.6 cm³/mol. The van der Waals surface area contributed by atoms with Crippen LogP contribution in [0.4, 0.5) is 0 Å². The van der Waals surface area contributed by atoms with Gasteiger partial charge in [-0.05, 0) is 36.4 Å². The Bertz CT molecular complexity index is 863. The Balaban J connectivity index is 2.20. The molecule has 0 saturated heterocycles. The molecule has 0 atom stereocenters. The summed E-state index contributed by atoms with van der Waals surface area (Å²) in [5.41, 5.74) is 2.37. The smallest absolute Gasteiger partial charge is 0.191 e. The van der Waals surface area contributed by atoms with Gasteiger partial charge in [-0.15, -0.1) is 5.10 Å². The van der Waals surface area contributed by atoms with Gasteiger partial charge in [-0.1, -0.05) is 17.3 Å². The Labute approximate surface area is 133 Å². The zero-order valence-electron chi connectivity index (χ0n) is 12.7. The molecule has 6 heteroatoms. The number of nitriles is 1. The fourth-order valence-electron chi connectivity index (χ4n) is 2.34. The highest BCUT2D eigenvalue weighted by atomic mass is 16.5. The maximum absolute atomic E-state index is 9.36. The molecular formula is C17H14N4O2. The predicted octanol–water partition coefficient (Wildman–Crippen LogP) is 2.82. The van der Waals surface area contributed by atoms with E-state index in [1.54, 1.807) is 18.9 Å². The van der Waals surface area contributed by atoms with Gasteiger partial charge in [-0.25, -0.2) is 4.68 Å².